The molecule has 2 aromatic rings. The smallest absolute Gasteiger partial charge is 0.321 e. The number of likely N-dealkylation sites (tertiary alicyclic amines) is 1. The molecule has 1 saturated heterocycles. The van der Waals surface area contributed by atoms with Gasteiger partial charge in [-0.2, -0.15) is 0 Å². The van der Waals surface area contributed by atoms with Gasteiger partial charge in [0.15, 0.2) is 0 Å². The van der Waals surface area contributed by atoms with Gasteiger partial charge in [-0.3, -0.25) is 0 Å². The summed E-state index contributed by atoms with van der Waals surface area (Å²) in [5.74, 6) is -0.153. The summed E-state index contributed by atoms with van der Waals surface area (Å²) >= 11 is 0. The number of halogens is 1. The highest BCUT2D eigenvalue weighted by molar-refractivity contribution is 5.89. The Labute approximate surface area is 152 Å². The Balaban J connectivity index is 1.56. The van der Waals surface area contributed by atoms with Crippen LogP contribution in [0.5, 0.6) is 5.75 Å². The predicted octanol–water partition coefficient (Wildman–Crippen LogP) is 3.44. The van der Waals surface area contributed by atoms with Crippen molar-refractivity contribution in [3.63, 3.8) is 0 Å². The van der Waals surface area contributed by atoms with Crippen molar-refractivity contribution >= 4 is 11.7 Å². The van der Waals surface area contributed by atoms with Crippen molar-refractivity contribution in [2.45, 2.75) is 24.9 Å². The van der Waals surface area contributed by atoms with E-state index in [1.165, 1.54) is 19.2 Å². The van der Waals surface area contributed by atoms with Gasteiger partial charge in [0.1, 0.15) is 11.6 Å². The molecule has 138 valence electrons. The van der Waals surface area contributed by atoms with Crippen molar-refractivity contribution in [1.29, 1.82) is 0 Å². The van der Waals surface area contributed by atoms with E-state index in [1.807, 2.05) is 30.3 Å². The zero-order chi connectivity index (χ0) is 18.6. The van der Waals surface area contributed by atoms with Gasteiger partial charge in [-0.25, -0.2) is 9.18 Å². The Morgan fingerprint density at radius 1 is 1.23 bits per heavy atom. The van der Waals surface area contributed by atoms with Gasteiger partial charge in [-0.15, -0.1) is 0 Å². The molecule has 0 radical (unpaired) electrons. The number of anilines is 1. The summed E-state index contributed by atoms with van der Waals surface area (Å²) in [6.07, 6.45) is 1.54. The van der Waals surface area contributed by atoms with Gasteiger partial charge in [0.2, 0.25) is 0 Å². The summed E-state index contributed by atoms with van der Waals surface area (Å²) in [6, 6.07) is 13.7. The Bertz CT molecular complexity index is 759. The number of piperidine rings is 1. The average molecular weight is 358 g/mol. The van der Waals surface area contributed by atoms with Crippen molar-refractivity contribution < 1.29 is 19.0 Å². The molecule has 6 heteroatoms. The van der Waals surface area contributed by atoms with E-state index in [-0.39, 0.29) is 11.7 Å². The van der Waals surface area contributed by atoms with E-state index < -0.39 is 11.4 Å². The van der Waals surface area contributed by atoms with Crippen LogP contribution in [-0.2, 0) is 6.42 Å². The lowest BCUT2D eigenvalue weighted by molar-refractivity contribution is -0.0105. The quantitative estimate of drug-likeness (QED) is 0.880. The number of aliphatic hydroxyl groups is 1. The lowest BCUT2D eigenvalue weighted by Gasteiger charge is -2.38. The summed E-state index contributed by atoms with van der Waals surface area (Å²) in [7, 11) is 1.46. The first-order valence-electron chi connectivity index (χ1n) is 8.65. The molecule has 0 spiro atoms. The molecule has 2 amide bonds. The van der Waals surface area contributed by atoms with Gasteiger partial charge in [-0.1, -0.05) is 30.3 Å². The highest BCUT2D eigenvalue weighted by Gasteiger charge is 2.34. The molecule has 0 aromatic heterocycles. The minimum Gasteiger partial charge on any atom is -0.497 e. The molecule has 3 rings (SSSR count). The maximum absolute atomic E-state index is 14.0. The first-order chi connectivity index (χ1) is 12.5. The average Bonchev–Trinajstić information content (AvgIpc) is 2.64. The van der Waals surface area contributed by atoms with E-state index in [4.69, 9.17) is 4.74 Å². The fraction of sp³-hybridized carbons (Fsp3) is 0.350. The maximum atomic E-state index is 14.0. The van der Waals surface area contributed by atoms with Gasteiger partial charge in [0.25, 0.3) is 0 Å². The summed E-state index contributed by atoms with van der Waals surface area (Å²) in [5, 5.41) is 13.4. The summed E-state index contributed by atoms with van der Waals surface area (Å²) in [6.45, 7) is 0.847. The molecule has 1 aliphatic heterocycles. The third-order valence-electron chi connectivity index (χ3n) is 4.78. The first kappa shape index (κ1) is 18.2. The van der Waals surface area contributed by atoms with E-state index >= 15 is 0 Å². The summed E-state index contributed by atoms with van der Waals surface area (Å²) in [4.78, 5) is 14.0. The first-order valence-corrected chi connectivity index (χ1v) is 8.65. The van der Waals surface area contributed by atoms with Gasteiger partial charge in [-0.05, 0) is 30.5 Å². The Morgan fingerprint density at radius 3 is 2.54 bits per heavy atom. The van der Waals surface area contributed by atoms with E-state index in [0.29, 0.717) is 38.1 Å². The predicted molar refractivity (Wildman–Crippen MR) is 97.9 cm³/mol. The molecule has 0 saturated carbocycles. The summed E-state index contributed by atoms with van der Waals surface area (Å²) < 4.78 is 18.9. The van der Waals surface area contributed by atoms with E-state index in [9.17, 15) is 14.3 Å². The number of carbonyl (C=O) groups excluding carboxylic acids is 1. The molecule has 1 heterocycles. The van der Waals surface area contributed by atoms with Crippen LogP contribution in [0.1, 0.15) is 18.4 Å². The molecular formula is C20H23FN2O3. The van der Waals surface area contributed by atoms with Crippen molar-refractivity contribution in [1.82, 2.24) is 4.90 Å². The van der Waals surface area contributed by atoms with Gasteiger partial charge >= 0.3 is 6.03 Å². The molecule has 0 unspecified atom stereocenters. The van der Waals surface area contributed by atoms with Crippen LogP contribution in [0.3, 0.4) is 0 Å². The SMILES string of the molecule is COc1ccc(NC(=O)N2CCC(O)(Cc3ccccc3)CC2)c(F)c1. The Hall–Kier alpha value is -2.60. The number of rotatable bonds is 4. The molecule has 5 nitrogen and oxygen atoms in total. The van der Waals surface area contributed by atoms with Crippen LogP contribution in [0.25, 0.3) is 0 Å². The fourth-order valence-corrected chi connectivity index (χ4v) is 3.20. The van der Waals surface area contributed by atoms with E-state index in [1.54, 1.807) is 11.0 Å². The minimum atomic E-state index is -0.816. The third-order valence-corrected chi connectivity index (χ3v) is 4.78. The normalized spacial score (nSPS) is 16.2. The van der Waals surface area contributed by atoms with Crippen molar-refractivity contribution in [3.8, 4) is 5.75 Å². The molecular weight excluding hydrogens is 335 g/mol. The second-order valence-corrected chi connectivity index (χ2v) is 6.65. The number of urea groups is 1. The van der Waals surface area contributed by atoms with Crippen molar-refractivity contribution in [3.05, 3.63) is 59.9 Å². The molecule has 0 atom stereocenters. The van der Waals surface area contributed by atoms with Gasteiger partial charge < -0.3 is 20.1 Å². The number of amides is 2. The second kappa shape index (κ2) is 7.74. The van der Waals surface area contributed by atoms with Gasteiger partial charge in [0, 0.05) is 25.6 Å². The third kappa shape index (κ3) is 4.32. The highest BCUT2D eigenvalue weighted by atomic mass is 19.1. The van der Waals surface area contributed by atoms with Crippen LogP contribution in [0.2, 0.25) is 0 Å². The molecule has 2 aromatic carbocycles. The van der Waals surface area contributed by atoms with Crippen LogP contribution in [-0.4, -0.2) is 41.8 Å². The molecule has 1 fully saturated rings. The number of hydrogen-bond acceptors (Lipinski definition) is 3. The molecule has 0 aliphatic carbocycles. The minimum absolute atomic E-state index is 0.112. The Morgan fingerprint density at radius 2 is 1.92 bits per heavy atom. The Kier molecular flexibility index (Phi) is 5.42. The second-order valence-electron chi connectivity index (χ2n) is 6.65. The fourth-order valence-electron chi connectivity index (χ4n) is 3.20. The molecule has 26 heavy (non-hydrogen) atoms. The molecule has 0 bridgehead atoms. The van der Waals surface area contributed by atoms with Crippen molar-refractivity contribution in [2.24, 2.45) is 0 Å². The lowest BCUT2D eigenvalue weighted by atomic mass is 9.85. The molecule has 1 aliphatic rings. The number of methoxy groups -OCH3 is 1. The molecule has 2 N–H and O–H groups in total. The zero-order valence-electron chi connectivity index (χ0n) is 14.7. The van der Waals surface area contributed by atoms with Crippen molar-refractivity contribution in [2.75, 3.05) is 25.5 Å². The number of nitrogens with one attached hydrogen (secondary N) is 1. The topological polar surface area (TPSA) is 61.8 Å². The van der Waals surface area contributed by atoms with Crippen LogP contribution in [0.15, 0.2) is 48.5 Å². The standard InChI is InChI=1S/C20H23FN2O3/c1-26-16-7-8-18(17(21)13-16)22-19(24)23-11-9-20(25,10-12-23)14-15-5-3-2-4-6-15/h2-8,13,25H,9-12,14H2,1H3,(H,22,24). The summed E-state index contributed by atoms with van der Waals surface area (Å²) in [5.41, 5.74) is 0.373. The number of carbonyl (C=O) groups is 1. The van der Waals surface area contributed by atoms with E-state index in [2.05, 4.69) is 5.32 Å². The van der Waals surface area contributed by atoms with Crippen LogP contribution < -0.4 is 10.1 Å². The van der Waals surface area contributed by atoms with Crippen LogP contribution in [0, 0.1) is 5.82 Å². The van der Waals surface area contributed by atoms with Crippen LogP contribution in [0.4, 0.5) is 14.9 Å². The lowest BCUT2D eigenvalue weighted by Crippen LogP contribution is -2.49. The number of benzene rings is 2. The van der Waals surface area contributed by atoms with Gasteiger partial charge in [0.05, 0.1) is 18.4 Å². The zero-order valence-corrected chi connectivity index (χ0v) is 14.7. The van der Waals surface area contributed by atoms with E-state index in [0.717, 1.165) is 5.56 Å². The number of ether oxygens (including phenoxy) is 1. The maximum Gasteiger partial charge on any atom is 0.321 e. The number of nitrogens with zero attached hydrogens (tertiary/aromatic N) is 1. The highest BCUT2D eigenvalue weighted by Crippen LogP contribution is 2.27. The monoisotopic (exact) mass is 358 g/mol. The largest absolute Gasteiger partial charge is 0.497 e. The van der Waals surface area contributed by atoms with Crippen LogP contribution >= 0.6 is 0 Å². The number of hydrogen-bond donors (Lipinski definition) is 2.